The van der Waals surface area contributed by atoms with E-state index in [9.17, 15) is 0 Å². The summed E-state index contributed by atoms with van der Waals surface area (Å²) in [4.78, 5) is 11.4. The first-order valence-electron chi connectivity index (χ1n) is 9.73. The molecule has 2 atom stereocenters. The molecule has 1 aliphatic heterocycles. The lowest BCUT2D eigenvalue weighted by molar-refractivity contribution is 0.0683. The van der Waals surface area contributed by atoms with Crippen LogP contribution in [-0.2, 0) is 11.3 Å². The minimum absolute atomic E-state index is 0. The molecule has 1 aromatic heterocycles. The summed E-state index contributed by atoms with van der Waals surface area (Å²) in [6.45, 7) is 9.69. The fourth-order valence-corrected chi connectivity index (χ4v) is 3.34. The van der Waals surface area contributed by atoms with Gasteiger partial charge >= 0.3 is 0 Å². The van der Waals surface area contributed by atoms with Crippen molar-refractivity contribution >= 4 is 29.9 Å². The number of rotatable bonds is 7. The van der Waals surface area contributed by atoms with Gasteiger partial charge in [-0.25, -0.2) is 4.99 Å². The average Bonchev–Trinajstić information content (AvgIpc) is 3.36. The van der Waals surface area contributed by atoms with Crippen LogP contribution >= 0.6 is 24.0 Å². The topological polar surface area (TPSA) is 75.8 Å². The van der Waals surface area contributed by atoms with Gasteiger partial charge in [-0.05, 0) is 32.8 Å². The van der Waals surface area contributed by atoms with Crippen LogP contribution in [0.4, 0.5) is 0 Å². The summed E-state index contributed by atoms with van der Waals surface area (Å²) < 4.78 is 10.8. The smallest absolute Gasteiger partial charge is 0.248 e. The number of aromatic nitrogens is 2. The number of benzene rings is 1. The van der Waals surface area contributed by atoms with Crippen LogP contribution in [0.5, 0.6) is 0 Å². The van der Waals surface area contributed by atoms with E-state index in [1.165, 1.54) is 5.56 Å². The standard InChI is InChI=1S/C20H29N5O2.HI/c1-4-21-20(22-13-18-23-19(24-27-18)15(3)26-5-2)25-12-11-17(14-25)16-9-7-6-8-10-16;/h6-10,15,17H,4-5,11-14H2,1-3H3,(H,21,22);1H. The van der Waals surface area contributed by atoms with Crippen LogP contribution < -0.4 is 5.32 Å². The molecule has 0 bridgehead atoms. The number of likely N-dealkylation sites (tertiary alicyclic amines) is 1. The Morgan fingerprint density at radius 1 is 1.36 bits per heavy atom. The van der Waals surface area contributed by atoms with E-state index < -0.39 is 0 Å². The van der Waals surface area contributed by atoms with Gasteiger partial charge in [0.15, 0.2) is 11.8 Å². The highest BCUT2D eigenvalue weighted by molar-refractivity contribution is 14.0. The van der Waals surface area contributed by atoms with Crippen molar-refractivity contribution in [1.29, 1.82) is 0 Å². The summed E-state index contributed by atoms with van der Waals surface area (Å²) >= 11 is 0. The molecule has 1 N–H and O–H groups in total. The van der Waals surface area contributed by atoms with Crippen molar-refractivity contribution in [3.8, 4) is 0 Å². The average molecular weight is 499 g/mol. The summed E-state index contributed by atoms with van der Waals surface area (Å²) in [7, 11) is 0. The van der Waals surface area contributed by atoms with Crippen LogP contribution in [0.15, 0.2) is 39.8 Å². The van der Waals surface area contributed by atoms with Gasteiger partial charge in [-0.3, -0.25) is 0 Å². The van der Waals surface area contributed by atoms with Gasteiger partial charge in [0.25, 0.3) is 0 Å². The maximum absolute atomic E-state index is 5.50. The Labute approximate surface area is 184 Å². The number of hydrogen-bond donors (Lipinski definition) is 1. The molecule has 2 aromatic rings. The molecule has 1 aliphatic rings. The van der Waals surface area contributed by atoms with Crippen molar-refractivity contribution < 1.29 is 9.26 Å². The van der Waals surface area contributed by atoms with Gasteiger partial charge in [-0.1, -0.05) is 35.5 Å². The Morgan fingerprint density at radius 3 is 2.86 bits per heavy atom. The molecule has 28 heavy (non-hydrogen) atoms. The minimum Gasteiger partial charge on any atom is -0.371 e. The number of nitrogens with zero attached hydrogens (tertiary/aromatic N) is 4. The predicted molar refractivity (Wildman–Crippen MR) is 120 cm³/mol. The van der Waals surface area contributed by atoms with Gasteiger partial charge in [-0.15, -0.1) is 24.0 Å². The normalized spacial score (nSPS) is 18.0. The van der Waals surface area contributed by atoms with E-state index in [4.69, 9.17) is 14.3 Å². The molecule has 2 unspecified atom stereocenters. The van der Waals surface area contributed by atoms with Crippen LogP contribution in [0.1, 0.15) is 56.5 Å². The van der Waals surface area contributed by atoms with E-state index in [0.717, 1.165) is 32.0 Å². The molecule has 1 aromatic carbocycles. The van der Waals surface area contributed by atoms with Crippen LogP contribution in [-0.4, -0.2) is 47.2 Å². The molecule has 0 amide bonds. The predicted octanol–water partition coefficient (Wildman–Crippen LogP) is 3.74. The summed E-state index contributed by atoms with van der Waals surface area (Å²) in [6.07, 6.45) is 0.959. The Morgan fingerprint density at radius 2 is 2.14 bits per heavy atom. The third kappa shape index (κ3) is 5.91. The zero-order valence-electron chi connectivity index (χ0n) is 16.8. The number of nitrogens with one attached hydrogen (secondary N) is 1. The zero-order valence-corrected chi connectivity index (χ0v) is 19.1. The van der Waals surface area contributed by atoms with Crippen molar-refractivity contribution in [2.24, 2.45) is 4.99 Å². The summed E-state index contributed by atoms with van der Waals surface area (Å²) in [6, 6.07) is 10.7. The van der Waals surface area contributed by atoms with E-state index in [1.807, 2.05) is 13.8 Å². The van der Waals surface area contributed by atoms with Gasteiger partial charge in [0.2, 0.25) is 5.89 Å². The molecule has 0 saturated carbocycles. The number of aliphatic imine (C=N–C) groups is 1. The summed E-state index contributed by atoms with van der Waals surface area (Å²) in [5, 5.41) is 7.37. The Bertz CT molecular complexity index is 737. The van der Waals surface area contributed by atoms with Gasteiger partial charge in [0.1, 0.15) is 12.6 Å². The monoisotopic (exact) mass is 499 g/mol. The lowest BCUT2D eigenvalue weighted by Gasteiger charge is -2.21. The number of halogens is 1. The van der Waals surface area contributed by atoms with Crippen molar-refractivity contribution in [2.75, 3.05) is 26.2 Å². The molecular weight excluding hydrogens is 469 g/mol. The third-order valence-corrected chi connectivity index (χ3v) is 4.72. The second kappa shape index (κ2) is 11.4. The fourth-order valence-electron chi connectivity index (χ4n) is 3.34. The molecule has 1 fully saturated rings. The number of hydrogen-bond acceptors (Lipinski definition) is 5. The molecule has 154 valence electrons. The lowest BCUT2D eigenvalue weighted by atomic mass is 9.99. The van der Waals surface area contributed by atoms with E-state index in [2.05, 4.69) is 57.6 Å². The van der Waals surface area contributed by atoms with Gasteiger partial charge < -0.3 is 19.5 Å². The van der Waals surface area contributed by atoms with Crippen molar-refractivity contribution in [1.82, 2.24) is 20.4 Å². The first-order chi connectivity index (χ1) is 13.2. The lowest BCUT2D eigenvalue weighted by Crippen LogP contribution is -2.40. The molecule has 2 heterocycles. The van der Waals surface area contributed by atoms with Crippen LogP contribution in [0.2, 0.25) is 0 Å². The fraction of sp³-hybridized carbons (Fsp3) is 0.550. The van der Waals surface area contributed by atoms with Gasteiger partial charge in [0.05, 0.1) is 0 Å². The first-order valence-corrected chi connectivity index (χ1v) is 9.73. The molecule has 7 nitrogen and oxygen atoms in total. The SMILES string of the molecule is CCNC(=NCc1nc(C(C)OCC)no1)N1CCC(c2ccccc2)C1.I. The molecule has 3 rings (SSSR count). The van der Waals surface area contributed by atoms with E-state index in [0.29, 0.717) is 30.8 Å². The van der Waals surface area contributed by atoms with E-state index in [-0.39, 0.29) is 30.1 Å². The van der Waals surface area contributed by atoms with Crippen LogP contribution in [0.25, 0.3) is 0 Å². The highest BCUT2D eigenvalue weighted by Crippen LogP contribution is 2.27. The van der Waals surface area contributed by atoms with Crippen molar-refractivity contribution in [3.63, 3.8) is 0 Å². The maximum Gasteiger partial charge on any atom is 0.248 e. The molecule has 8 heteroatoms. The quantitative estimate of drug-likeness (QED) is 0.356. The largest absolute Gasteiger partial charge is 0.371 e. The van der Waals surface area contributed by atoms with Gasteiger partial charge in [0, 0.05) is 32.2 Å². The highest BCUT2D eigenvalue weighted by atomic mass is 127. The maximum atomic E-state index is 5.50. The second-order valence-electron chi connectivity index (χ2n) is 6.66. The van der Waals surface area contributed by atoms with Crippen LogP contribution in [0, 0.1) is 0 Å². The summed E-state index contributed by atoms with van der Waals surface area (Å²) in [5.74, 6) is 2.51. The third-order valence-electron chi connectivity index (χ3n) is 4.72. The first kappa shape index (κ1) is 22.6. The van der Waals surface area contributed by atoms with Crippen molar-refractivity contribution in [3.05, 3.63) is 47.6 Å². The zero-order chi connectivity index (χ0) is 19.1. The van der Waals surface area contributed by atoms with E-state index in [1.54, 1.807) is 0 Å². The molecule has 0 radical (unpaired) electrons. The Balaban J connectivity index is 0.00000280. The highest BCUT2D eigenvalue weighted by Gasteiger charge is 2.26. The summed E-state index contributed by atoms with van der Waals surface area (Å²) in [5.41, 5.74) is 1.39. The Kier molecular flexibility index (Phi) is 9.17. The molecule has 0 aliphatic carbocycles. The molecule has 0 spiro atoms. The second-order valence-corrected chi connectivity index (χ2v) is 6.66. The number of ether oxygens (including phenoxy) is 1. The van der Waals surface area contributed by atoms with Gasteiger partial charge in [-0.2, -0.15) is 4.98 Å². The van der Waals surface area contributed by atoms with E-state index >= 15 is 0 Å². The molecule has 1 saturated heterocycles. The van der Waals surface area contributed by atoms with Crippen LogP contribution in [0.3, 0.4) is 0 Å². The number of guanidine groups is 1. The molecular formula is C20H30IN5O2. The Hall–Kier alpha value is -1.68. The minimum atomic E-state index is -0.171. The van der Waals surface area contributed by atoms with Crippen molar-refractivity contribution in [2.45, 2.75) is 45.8 Å².